The summed E-state index contributed by atoms with van der Waals surface area (Å²) >= 11 is 0. The van der Waals surface area contributed by atoms with Crippen molar-refractivity contribution >= 4 is 20.0 Å². The molecule has 1 aromatic rings. The Hall–Kier alpha value is -0.920. The molecule has 1 aromatic carbocycles. The van der Waals surface area contributed by atoms with Crippen LogP contribution < -0.4 is 0 Å². The topological polar surface area (TPSA) is 77.5 Å². The SMILES string of the molecule is O=S1(=O)CC[C@H](OS(=O)(=O)c2ccccc2)C1. The van der Waals surface area contributed by atoms with Crippen molar-refractivity contribution in [3.8, 4) is 0 Å². The lowest BCUT2D eigenvalue weighted by Gasteiger charge is -2.09. The van der Waals surface area contributed by atoms with E-state index in [9.17, 15) is 16.8 Å². The van der Waals surface area contributed by atoms with E-state index in [0.29, 0.717) is 0 Å². The largest absolute Gasteiger partial charge is 0.297 e. The Balaban J connectivity index is 2.15. The summed E-state index contributed by atoms with van der Waals surface area (Å²) in [6, 6.07) is 7.69. The van der Waals surface area contributed by atoms with Crippen LogP contribution in [0.15, 0.2) is 35.2 Å². The maximum atomic E-state index is 11.8. The maximum absolute atomic E-state index is 11.8. The Morgan fingerprint density at radius 1 is 1.18 bits per heavy atom. The molecular formula is C10H12O5S2. The molecule has 0 unspecified atom stereocenters. The number of sulfone groups is 1. The number of rotatable bonds is 3. The highest BCUT2D eigenvalue weighted by Gasteiger charge is 2.32. The highest BCUT2D eigenvalue weighted by molar-refractivity contribution is 7.91. The van der Waals surface area contributed by atoms with Crippen molar-refractivity contribution in [2.45, 2.75) is 17.4 Å². The lowest BCUT2D eigenvalue weighted by molar-refractivity contribution is 0.236. The van der Waals surface area contributed by atoms with Crippen molar-refractivity contribution in [2.75, 3.05) is 11.5 Å². The van der Waals surface area contributed by atoms with Gasteiger partial charge < -0.3 is 0 Å². The van der Waals surface area contributed by atoms with Gasteiger partial charge in [-0.1, -0.05) is 18.2 Å². The van der Waals surface area contributed by atoms with Gasteiger partial charge in [0.1, 0.15) is 0 Å². The standard InChI is InChI=1S/C10H12O5S2/c11-16(12)7-6-9(8-16)15-17(13,14)10-4-2-1-3-5-10/h1-5,9H,6-8H2/t9-/m0/s1. The summed E-state index contributed by atoms with van der Waals surface area (Å²) in [6.45, 7) is 0. The van der Waals surface area contributed by atoms with E-state index in [-0.39, 0.29) is 22.8 Å². The van der Waals surface area contributed by atoms with Crippen LogP contribution in [0.3, 0.4) is 0 Å². The minimum Gasteiger partial charge on any atom is -0.262 e. The first kappa shape index (κ1) is 12.5. The highest BCUT2D eigenvalue weighted by atomic mass is 32.2. The molecule has 2 rings (SSSR count). The number of hydrogen-bond acceptors (Lipinski definition) is 5. The van der Waals surface area contributed by atoms with Gasteiger partial charge in [0, 0.05) is 0 Å². The summed E-state index contributed by atoms with van der Waals surface area (Å²) in [5, 5.41) is 0. The molecule has 1 fully saturated rings. The molecule has 1 atom stereocenters. The zero-order valence-electron chi connectivity index (χ0n) is 8.94. The van der Waals surface area contributed by atoms with Crippen molar-refractivity contribution in [3.63, 3.8) is 0 Å². The van der Waals surface area contributed by atoms with E-state index < -0.39 is 26.1 Å². The highest BCUT2D eigenvalue weighted by Crippen LogP contribution is 2.20. The fraction of sp³-hybridized carbons (Fsp3) is 0.400. The quantitative estimate of drug-likeness (QED) is 0.755. The Bertz CT molecular complexity index is 589. The molecule has 0 bridgehead atoms. The molecule has 94 valence electrons. The predicted molar refractivity (Wildman–Crippen MR) is 61.8 cm³/mol. The molecule has 1 heterocycles. The van der Waals surface area contributed by atoms with Gasteiger partial charge in [0.05, 0.1) is 22.5 Å². The van der Waals surface area contributed by atoms with Gasteiger partial charge >= 0.3 is 0 Å². The van der Waals surface area contributed by atoms with Crippen LogP contribution in [0.1, 0.15) is 6.42 Å². The second kappa shape index (κ2) is 4.40. The summed E-state index contributed by atoms with van der Waals surface area (Å²) in [7, 11) is -7.00. The van der Waals surface area contributed by atoms with Crippen LogP contribution in [0.4, 0.5) is 0 Å². The molecule has 0 radical (unpaired) electrons. The monoisotopic (exact) mass is 276 g/mol. The third-order valence-corrected chi connectivity index (χ3v) is 5.60. The first-order chi connectivity index (χ1) is 7.89. The third-order valence-electron chi connectivity index (χ3n) is 2.49. The molecule has 5 nitrogen and oxygen atoms in total. The van der Waals surface area contributed by atoms with E-state index in [1.54, 1.807) is 18.2 Å². The van der Waals surface area contributed by atoms with Gasteiger partial charge in [-0.05, 0) is 18.6 Å². The fourth-order valence-corrected chi connectivity index (χ4v) is 4.46. The minimum atomic E-state index is -3.86. The van der Waals surface area contributed by atoms with Crippen LogP contribution in [-0.4, -0.2) is 34.4 Å². The van der Waals surface area contributed by atoms with Crippen molar-refractivity contribution in [1.29, 1.82) is 0 Å². The smallest absolute Gasteiger partial charge is 0.262 e. The van der Waals surface area contributed by atoms with Crippen LogP contribution in [0.2, 0.25) is 0 Å². The second-order valence-corrected chi connectivity index (χ2v) is 7.69. The third kappa shape index (κ3) is 3.05. The van der Waals surface area contributed by atoms with Crippen LogP contribution in [-0.2, 0) is 24.1 Å². The lowest BCUT2D eigenvalue weighted by Crippen LogP contribution is -2.19. The maximum Gasteiger partial charge on any atom is 0.297 e. The Kier molecular flexibility index (Phi) is 3.24. The van der Waals surface area contributed by atoms with Gasteiger partial charge in [0.25, 0.3) is 10.1 Å². The van der Waals surface area contributed by atoms with Crippen molar-refractivity contribution < 1.29 is 21.0 Å². The van der Waals surface area contributed by atoms with Gasteiger partial charge in [-0.15, -0.1) is 0 Å². The molecule has 0 saturated carbocycles. The van der Waals surface area contributed by atoms with E-state index in [1.165, 1.54) is 12.1 Å². The van der Waals surface area contributed by atoms with Crippen LogP contribution in [0.25, 0.3) is 0 Å². The molecule has 0 N–H and O–H groups in total. The molecule has 1 saturated heterocycles. The normalized spacial score (nSPS) is 23.6. The van der Waals surface area contributed by atoms with Gasteiger partial charge in [0.2, 0.25) is 0 Å². The summed E-state index contributed by atoms with van der Waals surface area (Å²) < 4.78 is 50.9. The van der Waals surface area contributed by atoms with Crippen LogP contribution >= 0.6 is 0 Å². The minimum absolute atomic E-state index is 0.0119. The fourth-order valence-electron chi connectivity index (χ4n) is 1.66. The summed E-state index contributed by atoms with van der Waals surface area (Å²) in [5.41, 5.74) is 0. The summed E-state index contributed by atoms with van der Waals surface area (Å²) in [6.07, 6.45) is -0.529. The molecule has 7 heteroatoms. The van der Waals surface area contributed by atoms with Gasteiger partial charge in [-0.25, -0.2) is 8.42 Å². The van der Waals surface area contributed by atoms with E-state index in [2.05, 4.69) is 0 Å². The molecule has 0 amide bonds. The van der Waals surface area contributed by atoms with Crippen LogP contribution in [0, 0.1) is 0 Å². The zero-order chi connectivity index (χ0) is 12.5. The van der Waals surface area contributed by atoms with Gasteiger partial charge in [0.15, 0.2) is 9.84 Å². The Morgan fingerprint density at radius 3 is 2.35 bits per heavy atom. The Labute approximate surface area is 100 Å². The average molecular weight is 276 g/mol. The molecule has 1 aliphatic rings. The van der Waals surface area contributed by atoms with E-state index in [0.717, 1.165) is 0 Å². The van der Waals surface area contributed by atoms with E-state index in [4.69, 9.17) is 4.18 Å². The van der Waals surface area contributed by atoms with E-state index in [1.807, 2.05) is 0 Å². The summed E-state index contributed by atoms with van der Waals surface area (Å²) in [4.78, 5) is 0.0456. The number of hydrogen-bond donors (Lipinski definition) is 0. The molecule has 1 aliphatic heterocycles. The molecular weight excluding hydrogens is 264 g/mol. The van der Waals surface area contributed by atoms with Gasteiger partial charge in [-0.3, -0.25) is 4.18 Å². The molecule has 0 aliphatic carbocycles. The number of benzene rings is 1. The summed E-state index contributed by atoms with van der Waals surface area (Å²) in [5.74, 6) is -0.235. The van der Waals surface area contributed by atoms with Gasteiger partial charge in [-0.2, -0.15) is 8.42 Å². The van der Waals surface area contributed by atoms with Crippen molar-refractivity contribution in [3.05, 3.63) is 30.3 Å². The van der Waals surface area contributed by atoms with Crippen molar-refractivity contribution in [2.24, 2.45) is 0 Å². The van der Waals surface area contributed by atoms with Crippen molar-refractivity contribution in [1.82, 2.24) is 0 Å². The first-order valence-corrected chi connectivity index (χ1v) is 8.31. The molecule has 0 spiro atoms. The first-order valence-electron chi connectivity index (χ1n) is 5.08. The average Bonchev–Trinajstić information content (AvgIpc) is 2.58. The predicted octanol–water partition coefficient (Wildman–Crippen LogP) is 0.579. The second-order valence-electron chi connectivity index (χ2n) is 3.89. The van der Waals surface area contributed by atoms with Crippen LogP contribution in [0.5, 0.6) is 0 Å². The molecule has 0 aromatic heterocycles. The Morgan fingerprint density at radius 2 is 1.82 bits per heavy atom. The zero-order valence-corrected chi connectivity index (χ0v) is 10.6. The molecule has 17 heavy (non-hydrogen) atoms. The van der Waals surface area contributed by atoms with E-state index >= 15 is 0 Å². The lowest BCUT2D eigenvalue weighted by atomic mass is 10.3.